The zero-order chi connectivity index (χ0) is 21.5. The number of hydrogen-bond donors (Lipinski definition) is 1. The SMILES string of the molecule is COc1cc(C(=O)Nc2ccc(Sc3nncn3C)cc2)ccc1OCCC(C)C. The van der Waals surface area contributed by atoms with Crippen LogP contribution in [0.2, 0.25) is 0 Å². The third kappa shape index (κ3) is 5.76. The Morgan fingerprint density at radius 2 is 1.93 bits per heavy atom. The monoisotopic (exact) mass is 426 g/mol. The van der Waals surface area contributed by atoms with Crippen LogP contribution in [-0.4, -0.2) is 34.4 Å². The minimum absolute atomic E-state index is 0.212. The molecule has 1 heterocycles. The molecule has 0 spiro atoms. The number of amides is 1. The fourth-order valence-electron chi connectivity index (χ4n) is 2.61. The number of anilines is 1. The van der Waals surface area contributed by atoms with Crippen LogP contribution < -0.4 is 14.8 Å². The van der Waals surface area contributed by atoms with Crippen molar-refractivity contribution in [1.82, 2.24) is 14.8 Å². The molecule has 0 saturated heterocycles. The van der Waals surface area contributed by atoms with Crippen molar-refractivity contribution in [2.24, 2.45) is 13.0 Å². The van der Waals surface area contributed by atoms with Crippen molar-refractivity contribution in [3.8, 4) is 11.5 Å². The number of methoxy groups -OCH3 is 1. The molecule has 0 aliphatic heterocycles. The van der Waals surface area contributed by atoms with E-state index in [0.717, 1.165) is 16.5 Å². The van der Waals surface area contributed by atoms with Crippen molar-refractivity contribution < 1.29 is 14.3 Å². The third-order valence-corrected chi connectivity index (χ3v) is 5.43. The van der Waals surface area contributed by atoms with Crippen LogP contribution in [-0.2, 0) is 7.05 Å². The first-order valence-electron chi connectivity index (χ1n) is 9.70. The lowest BCUT2D eigenvalue weighted by Gasteiger charge is -2.13. The lowest BCUT2D eigenvalue weighted by molar-refractivity contribution is 0.102. The molecule has 2 aromatic carbocycles. The number of ether oxygens (including phenoxy) is 2. The summed E-state index contributed by atoms with van der Waals surface area (Å²) in [5, 5.41) is 11.6. The van der Waals surface area contributed by atoms with Gasteiger partial charge in [-0.2, -0.15) is 0 Å². The van der Waals surface area contributed by atoms with E-state index in [2.05, 4.69) is 29.4 Å². The molecule has 1 N–H and O–H groups in total. The number of hydrogen-bond acceptors (Lipinski definition) is 6. The predicted molar refractivity (Wildman–Crippen MR) is 117 cm³/mol. The van der Waals surface area contributed by atoms with Crippen LogP contribution in [0.4, 0.5) is 5.69 Å². The molecule has 0 saturated carbocycles. The fourth-order valence-corrected chi connectivity index (χ4v) is 3.37. The molecule has 3 aromatic rings. The molecule has 0 unspecified atom stereocenters. The molecule has 30 heavy (non-hydrogen) atoms. The Labute approximate surface area is 180 Å². The number of aromatic nitrogens is 3. The molecule has 1 amide bonds. The number of benzene rings is 2. The first-order chi connectivity index (χ1) is 14.5. The molecule has 0 bridgehead atoms. The van der Waals surface area contributed by atoms with Gasteiger partial charge in [-0.25, -0.2) is 0 Å². The van der Waals surface area contributed by atoms with Crippen LogP contribution in [0, 0.1) is 5.92 Å². The quantitative estimate of drug-likeness (QED) is 0.536. The number of carbonyl (C=O) groups excluding carboxylic acids is 1. The van der Waals surface area contributed by atoms with Gasteiger partial charge in [0.15, 0.2) is 16.7 Å². The Morgan fingerprint density at radius 3 is 2.57 bits per heavy atom. The van der Waals surface area contributed by atoms with Crippen molar-refractivity contribution in [2.75, 3.05) is 19.0 Å². The van der Waals surface area contributed by atoms with E-state index in [4.69, 9.17) is 9.47 Å². The summed E-state index contributed by atoms with van der Waals surface area (Å²) in [4.78, 5) is 13.7. The molecule has 158 valence electrons. The van der Waals surface area contributed by atoms with E-state index in [0.29, 0.717) is 35.3 Å². The molecule has 0 aliphatic rings. The molecular weight excluding hydrogens is 400 g/mol. The van der Waals surface area contributed by atoms with Gasteiger partial charge >= 0.3 is 0 Å². The number of aryl methyl sites for hydroxylation is 1. The summed E-state index contributed by atoms with van der Waals surface area (Å²) in [5.41, 5.74) is 1.21. The zero-order valence-corrected chi connectivity index (χ0v) is 18.4. The highest BCUT2D eigenvalue weighted by molar-refractivity contribution is 7.99. The Kier molecular flexibility index (Phi) is 7.35. The Morgan fingerprint density at radius 1 is 1.17 bits per heavy atom. The molecule has 0 aliphatic carbocycles. The summed E-state index contributed by atoms with van der Waals surface area (Å²) < 4.78 is 13.0. The molecule has 0 fully saturated rings. The highest BCUT2D eigenvalue weighted by Gasteiger charge is 2.12. The van der Waals surface area contributed by atoms with Gasteiger partial charge < -0.3 is 19.4 Å². The molecule has 7 nitrogen and oxygen atoms in total. The number of nitrogens with zero attached hydrogens (tertiary/aromatic N) is 3. The van der Waals surface area contributed by atoms with Crippen molar-refractivity contribution in [2.45, 2.75) is 30.3 Å². The maximum atomic E-state index is 12.6. The average molecular weight is 427 g/mol. The number of rotatable bonds is 9. The number of carbonyl (C=O) groups is 1. The fraction of sp³-hybridized carbons (Fsp3) is 0.318. The van der Waals surface area contributed by atoms with Gasteiger partial charge in [0.05, 0.1) is 13.7 Å². The van der Waals surface area contributed by atoms with Crippen LogP contribution in [0.15, 0.2) is 58.8 Å². The summed E-state index contributed by atoms with van der Waals surface area (Å²) in [5.74, 6) is 1.53. The van der Waals surface area contributed by atoms with E-state index >= 15 is 0 Å². The molecule has 1 aromatic heterocycles. The van der Waals surface area contributed by atoms with Crippen LogP contribution in [0.1, 0.15) is 30.6 Å². The van der Waals surface area contributed by atoms with E-state index in [1.54, 1.807) is 31.6 Å². The largest absolute Gasteiger partial charge is 0.493 e. The lowest BCUT2D eigenvalue weighted by Crippen LogP contribution is -2.12. The second-order valence-electron chi connectivity index (χ2n) is 7.20. The normalized spacial score (nSPS) is 10.8. The molecule has 0 atom stereocenters. The summed E-state index contributed by atoms with van der Waals surface area (Å²) in [7, 11) is 3.46. The lowest BCUT2D eigenvalue weighted by atomic mass is 10.1. The van der Waals surface area contributed by atoms with E-state index in [-0.39, 0.29) is 5.91 Å². The van der Waals surface area contributed by atoms with Gasteiger partial charge in [0.2, 0.25) is 0 Å². The van der Waals surface area contributed by atoms with Gasteiger partial charge in [0.25, 0.3) is 5.91 Å². The van der Waals surface area contributed by atoms with E-state index in [9.17, 15) is 4.79 Å². The third-order valence-electron chi connectivity index (χ3n) is 4.37. The highest BCUT2D eigenvalue weighted by atomic mass is 32.2. The van der Waals surface area contributed by atoms with Crippen molar-refractivity contribution >= 4 is 23.4 Å². The molecule has 8 heteroatoms. The van der Waals surface area contributed by atoms with Gasteiger partial charge in [0, 0.05) is 23.2 Å². The van der Waals surface area contributed by atoms with Crippen molar-refractivity contribution in [3.63, 3.8) is 0 Å². The van der Waals surface area contributed by atoms with Gasteiger partial charge in [0.1, 0.15) is 6.33 Å². The second kappa shape index (κ2) is 10.2. The Bertz CT molecular complexity index is 986. The minimum Gasteiger partial charge on any atom is -0.493 e. The smallest absolute Gasteiger partial charge is 0.255 e. The first-order valence-corrected chi connectivity index (χ1v) is 10.5. The van der Waals surface area contributed by atoms with Gasteiger partial charge in [-0.15, -0.1) is 10.2 Å². The predicted octanol–water partition coefficient (Wildman–Crippen LogP) is 4.65. The van der Waals surface area contributed by atoms with Crippen LogP contribution in [0.25, 0.3) is 0 Å². The van der Waals surface area contributed by atoms with Crippen molar-refractivity contribution in [1.29, 1.82) is 0 Å². The standard InChI is InChI=1S/C22H26N4O3S/c1-15(2)11-12-29-19-10-5-16(13-20(19)28-4)21(27)24-17-6-8-18(9-7-17)30-22-25-23-14-26(22)3/h5-10,13-15H,11-12H2,1-4H3,(H,24,27). The molecule has 0 radical (unpaired) electrons. The molecular formula is C22H26N4O3S. The van der Waals surface area contributed by atoms with E-state index < -0.39 is 0 Å². The number of nitrogens with one attached hydrogen (secondary N) is 1. The Balaban J connectivity index is 1.63. The summed E-state index contributed by atoms with van der Waals surface area (Å²) in [6, 6.07) is 12.8. The van der Waals surface area contributed by atoms with Gasteiger partial charge in [-0.1, -0.05) is 13.8 Å². The summed E-state index contributed by atoms with van der Waals surface area (Å²) >= 11 is 1.51. The summed E-state index contributed by atoms with van der Waals surface area (Å²) in [6.45, 7) is 4.91. The zero-order valence-electron chi connectivity index (χ0n) is 17.6. The topological polar surface area (TPSA) is 78.3 Å². The van der Waals surface area contributed by atoms with Gasteiger partial charge in [-0.3, -0.25) is 4.79 Å². The minimum atomic E-state index is -0.212. The maximum absolute atomic E-state index is 12.6. The van der Waals surface area contributed by atoms with Gasteiger partial charge in [-0.05, 0) is 66.6 Å². The average Bonchev–Trinajstić information content (AvgIpc) is 3.13. The first kappa shape index (κ1) is 21.7. The van der Waals surface area contributed by atoms with Crippen molar-refractivity contribution in [3.05, 3.63) is 54.4 Å². The van der Waals surface area contributed by atoms with E-state index in [1.165, 1.54) is 11.8 Å². The van der Waals surface area contributed by atoms with Crippen LogP contribution >= 0.6 is 11.8 Å². The van der Waals surface area contributed by atoms with E-state index in [1.807, 2.05) is 35.9 Å². The second-order valence-corrected chi connectivity index (χ2v) is 8.24. The highest BCUT2D eigenvalue weighted by Crippen LogP contribution is 2.29. The molecule has 3 rings (SSSR count). The maximum Gasteiger partial charge on any atom is 0.255 e. The summed E-state index contributed by atoms with van der Waals surface area (Å²) in [6.07, 6.45) is 2.61. The van der Waals surface area contributed by atoms with Crippen LogP contribution in [0.3, 0.4) is 0 Å². The Hall–Kier alpha value is -3.00. The van der Waals surface area contributed by atoms with Crippen LogP contribution in [0.5, 0.6) is 11.5 Å².